The van der Waals surface area contributed by atoms with Crippen molar-refractivity contribution in [2.24, 2.45) is 0 Å². The molecule has 0 amide bonds. The SMILES string of the molecule is O=P(O)(O)Cc1nc2ccc(OCC(CF)OC3CCCCO3)cc2s1. The van der Waals surface area contributed by atoms with Crippen LogP contribution in [0.5, 0.6) is 5.75 Å². The van der Waals surface area contributed by atoms with Crippen LogP contribution in [0.25, 0.3) is 10.2 Å². The van der Waals surface area contributed by atoms with Gasteiger partial charge in [0.05, 0.1) is 10.2 Å². The predicted molar refractivity (Wildman–Crippen MR) is 95.3 cm³/mol. The molecule has 0 saturated carbocycles. The minimum absolute atomic E-state index is 0.0516. The first-order valence-electron chi connectivity index (χ1n) is 8.33. The molecule has 2 N–H and O–H groups in total. The van der Waals surface area contributed by atoms with Gasteiger partial charge >= 0.3 is 7.60 Å². The van der Waals surface area contributed by atoms with Crippen molar-refractivity contribution in [1.29, 1.82) is 0 Å². The number of ether oxygens (including phenoxy) is 3. The summed E-state index contributed by atoms with van der Waals surface area (Å²) in [6.07, 6.45) is 1.28. The molecule has 0 spiro atoms. The van der Waals surface area contributed by atoms with Gasteiger partial charge in [0.25, 0.3) is 0 Å². The molecule has 10 heteroatoms. The van der Waals surface area contributed by atoms with Gasteiger partial charge in [-0.25, -0.2) is 9.37 Å². The molecular weight excluding hydrogens is 384 g/mol. The predicted octanol–water partition coefficient (Wildman–Crippen LogP) is 3.23. The highest BCUT2D eigenvalue weighted by atomic mass is 32.1. The second-order valence-electron chi connectivity index (χ2n) is 6.08. The van der Waals surface area contributed by atoms with Crippen LogP contribution in [0.4, 0.5) is 4.39 Å². The van der Waals surface area contributed by atoms with Crippen molar-refractivity contribution in [3.8, 4) is 5.75 Å². The lowest BCUT2D eigenvalue weighted by Gasteiger charge is -2.26. The first-order valence-corrected chi connectivity index (χ1v) is 10.9. The van der Waals surface area contributed by atoms with Gasteiger partial charge < -0.3 is 24.0 Å². The van der Waals surface area contributed by atoms with Crippen molar-refractivity contribution in [1.82, 2.24) is 4.98 Å². The van der Waals surface area contributed by atoms with Gasteiger partial charge in [-0.15, -0.1) is 11.3 Å². The Labute approximate surface area is 154 Å². The summed E-state index contributed by atoms with van der Waals surface area (Å²) in [6.45, 7) is 0.00856. The molecule has 144 valence electrons. The zero-order valence-electron chi connectivity index (χ0n) is 14.0. The number of hydrogen-bond donors (Lipinski definition) is 2. The second kappa shape index (κ2) is 8.73. The molecule has 1 aromatic heterocycles. The molecule has 2 atom stereocenters. The molecule has 3 rings (SSSR count). The van der Waals surface area contributed by atoms with Crippen molar-refractivity contribution in [3.05, 3.63) is 23.2 Å². The van der Waals surface area contributed by atoms with Crippen molar-refractivity contribution in [2.75, 3.05) is 19.9 Å². The molecule has 0 radical (unpaired) electrons. The van der Waals surface area contributed by atoms with Crippen LogP contribution in [0.2, 0.25) is 0 Å². The van der Waals surface area contributed by atoms with E-state index in [9.17, 15) is 8.96 Å². The summed E-state index contributed by atoms with van der Waals surface area (Å²) in [7, 11) is -4.16. The van der Waals surface area contributed by atoms with E-state index in [0.29, 0.717) is 22.9 Å². The second-order valence-corrected chi connectivity index (χ2v) is 8.84. The Kier molecular flexibility index (Phi) is 6.60. The van der Waals surface area contributed by atoms with Crippen molar-refractivity contribution in [3.63, 3.8) is 0 Å². The van der Waals surface area contributed by atoms with Gasteiger partial charge in [0.2, 0.25) is 0 Å². The number of rotatable bonds is 8. The van der Waals surface area contributed by atoms with E-state index in [1.54, 1.807) is 18.2 Å². The lowest BCUT2D eigenvalue weighted by atomic mass is 10.2. The fourth-order valence-electron chi connectivity index (χ4n) is 2.63. The Morgan fingerprint density at radius 3 is 2.96 bits per heavy atom. The van der Waals surface area contributed by atoms with Gasteiger partial charge in [0.15, 0.2) is 6.29 Å². The number of halogens is 1. The first kappa shape index (κ1) is 19.7. The van der Waals surface area contributed by atoms with E-state index in [1.165, 1.54) is 11.3 Å². The van der Waals surface area contributed by atoms with Crippen LogP contribution < -0.4 is 4.74 Å². The number of hydrogen-bond acceptors (Lipinski definition) is 6. The molecule has 0 aliphatic carbocycles. The Hall–Kier alpha value is -1.09. The highest BCUT2D eigenvalue weighted by Gasteiger charge is 2.21. The third-order valence-electron chi connectivity index (χ3n) is 3.84. The minimum atomic E-state index is -4.16. The zero-order chi connectivity index (χ0) is 18.6. The average Bonchev–Trinajstić information content (AvgIpc) is 2.98. The van der Waals surface area contributed by atoms with Gasteiger partial charge in [0, 0.05) is 6.61 Å². The largest absolute Gasteiger partial charge is 0.491 e. The Balaban J connectivity index is 1.59. The van der Waals surface area contributed by atoms with Gasteiger partial charge in [-0.2, -0.15) is 0 Å². The Morgan fingerprint density at radius 2 is 2.27 bits per heavy atom. The third kappa shape index (κ3) is 5.70. The van der Waals surface area contributed by atoms with E-state index < -0.39 is 20.4 Å². The van der Waals surface area contributed by atoms with Crippen molar-refractivity contribution >= 4 is 29.1 Å². The number of fused-ring (bicyclic) bond motifs is 1. The lowest BCUT2D eigenvalue weighted by Crippen LogP contribution is -2.32. The monoisotopic (exact) mass is 405 g/mol. The number of benzene rings is 1. The summed E-state index contributed by atoms with van der Waals surface area (Å²) in [5.41, 5.74) is 0.639. The summed E-state index contributed by atoms with van der Waals surface area (Å²) in [5.74, 6) is 0.524. The maximum absolute atomic E-state index is 13.2. The maximum Gasteiger partial charge on any atom is 0.332 e. The first-order chi connectivity index (χ1) is 12.4. The van der Waals surface area contributed by atoms with Crippen LogP contribution in [0.3, 0.4) is 0 Å². The summed E-state index contributed by atoms with van der Waals surface area (Å²) < 4.78 is 41.7. The number of aromatic nitrogens is 1. The highest BCUT2D eigenvalue weighted by Crippen LogP contribution is 2.41. The van der Waals surface area contributed by atoms with Crippen LogP contribution in [0.15, 0.2) is 18.2 Å². The van der Waals surface area contributed by atoms with Crippen molar-refractivity contribution < 1.29 is 33.0 Å². The highest BCUT2D eigenvalue weighted by molar-refractivity contribution is 7.51. The van der Waals surface area contributed by atoms with Gasteiger partial charge in [-0.3, -0.25) is 4.57 Å². The molecule has 26 heavy (non-hydrogen) atoms. The van der Waals surface area contributed by atoms with Crippen LogP contribution in [-0.4, -0.2) is 47.1 Å². The molecule has 7 nitrogen and oxygen atoms in total. The van der Waals surface area contributed by atoms with E-state index in [1.807, 2.05) is 0 Å². The molecule has 1 fully saturated rings. The van der Waals surface area contributed by atoms with Crippen molar-refractivity contribution in [2.45, 2.75) is 37.8 Å². The maximum atomic E-state index is 13.2. The molecular formula is C16H21FNO6PS. The summed E-state index contributed by atoms with van der Waals surface area (Å²) in [4.78, 5) is 22.3. The fourth-order valence-corrected chi connectivity index (χ4v) is 4.61. The molecule has 1 aliphatic rings. The van der Waals surface area contributed by atoms with Crippen LogP contribution >= 0.6 is 18.9 Å². The molecule has 2 heterocycles. The summed E-state index contributed by atoms with van der Waals surface area (Å²) >= 11 is 1.20. The number of alkyl halides is 1. The van der Waals surface area contributed by atoms with E-state index in [4.69, 9.17) is 24.0 Å². The van der Waals surface area contributed by atoms with E-state index in [-0.39, 0.29) is 19.1 Å². The van der Waals surface area contributed by atoms with Gasteiger partial charge in [0.1, 0.15) is 36.3 Å². The topological polar surface area (TPSA) is 98.1 Å². The molecule has 2 aromatic rings. The van der Waals surface area contributed by atoms with Crippen LogP contribution in [-0.2, 0) is 20.2 Å². The zero-order valence-corrected chi connectivity index (χ0v) is 15.8. The number of thiazole rings is 1. The minimum Gasteiger partial charge on any atom is -0.491 e. The number of nitrogens with zero attached hydrogens (tertiary/aromatic N) is 1. The molecule has 1 aromatic carbocycles. The molecule has 2 unspecified atom stereocenters. The average molecular weight is 405 g/mol. The van der Waals surface area contributed by atoms with Crippen LogP contribution in [0.1, 0.15) is 24.3 Å². The van der Waals surface area contributed by atoms with E-state index in [2.05, 4.69) is 4.98 Å². The third-order valence-corrected chi connectivity index (χ3v) is 5.78. The van der Waals surface area contributed by atoms with Crippen LogP contribution in [0, 0.1) is 0 Å². The quantitative estimate of drug-likeness (QED) is 0.651. The fraction of sp³-hybridized carbons (Fsp3) is 0.562. The molecule has 1 saturated heterocycles. The van der Waals surface area contributed by atoms with E-state index >= 15 is 0 Å². The van der Waals surface area contributed by atoms with E-state index in [0.717, 1.165) is 24.0 Å². The summed E-state index contributed by atoms with van der Waals surface area (Å²) in [5, 5.41) is 0.366. The summed E-state index contributed by atoms with van der Waals surface area (Å²) in [6, 6.07) is 5.12. The van der Waals surface area contributed by atoms with Gasteiger partial charge in [-0.05, 0) is 37.5 Å². The standard InChI is InChI=1S/C16H21FNO6PS/c17-8-12(24-16-3-1-2-6-22-16)9-23-11-4-5-13-14(7-11)26-15(18-13)10-25(19,20)21/h4-5,7,12,16H,1-3,6,8-10H2,(H2,19,20,21). The Bertz CT molecular complexity index is 775. The molecule has 1 aliphatic heterocycles. The normalized spacial score (nSPS) is 19.6. The van der Waals surface area contributed by atoms with Gasteiger partial charge in [-0.1, -0.05) is 0 Å². The molecule has 0 bridgehead atoms. The smallest absolute Gasteiger partial charge is 0.332 e. The Morgan fingerprint density at radius 1 is 1.42 bits per heavy atom. The lowest BCUT2D eigenvalue weighted by molar-refractivity contribution is -0.195.